The molecule has 0 unspecified atom stereocenters. The summed E-state index contributed by atoms with van der Waals surface area (Å²) in [6, 6.07) is 0. The molecule has 42 valence electrons. The first-order chi connectivity index (χ1) is 3.15. The fraction of sp³-hybridized carbons (Fsp3) is 0. The molecule has 0 radical (unpaired) electrons. The van der Waals surface area contributed by atoms with Crippen molar-refractivity contribution in [2.24, 2.45) is 0 Å². The van der Waals surface area contributed by atoms with E-state index in [-0.39, 0.29) is 31.0 Å². The van der Waals surface area contributed by atoms with Crippen LogP contribution in [0.1, 0.15) is 1.43 Å². The van der Waals surface area contributed by atoms with Crippen LogP contribution < -0.4 is 29.6 Å². The molecule has 8 heavy (non-hydrogen) atoms. The summed E-state index contributed by atoms with van der Waals surface area (Å²) in [6.45, 7) is 0. The zero-order valence-electron chi connectivity index (χ0n) is 5.20. The average Bonchev–Trinajstić information content (AvgIpc) is 1.33. The molecule has 0 saturated heterocycles. The number of rotatable bonds is 0. The Morgan fingerprint density at radius 2 is 1.62 bits per heavy atom. The predicted octanol–water partition coefficient (Wildman–Crippen LogP) is -2.82. The Morgan fingerprint density at radius 1 is 1.62 bits per heavy atom. The largest absolute Gasteiger partial charge is 1.00 e. The smallest absolute Gasteiger partial charge is 1.00 e. The number of nitriles is 1. The molecule has 0 atom stereocenters. The molecule has 0 spiro atoms. The van der Waals surface area contributed by atoms with Crippen LogP contribution in [-0.4, -0.2) is 21.5 Å². The third-order valence-electron chi connectivity index (χ3n) is 0. The van der Waals surface area contributed by atoms with Crippen molar-refractivity contribution in [3.05, 3.63) is 0 Å². The van der Waals surface area contributed by atoms with Gasteiger partial charge in [0.1, 0.15) is 0 Å². The standard InChI is InChI=1S/CHNO.CH2O3.Na.H/c2-1-3;2-1(3)4;;/h3H;(H2,2,3,4);;/q;;+1;-1. The molecule has 0 heterocycles. The number of carbonyl (C=O) groups is 1. The summed E-state index contributed by atoms with van der Waals surface area (Å²) < 4.78 is 0. The van der Waals surface area contributed by atoms with Crippen LogP contribution in [0.5, 0.6) is 0 Å². The minimum atomic E-state index is -1.83. The van der Waals surface area contributed by atoms with Crippen molar-refractivity contribution in [1.82, 2.24) is 0 Å². The summed E-state index contributed by atoms with van der Waals surface area (Å²) in [6.07, 6.45) is -1.08. The van der Waals surface area contributed by atoms with Gasteiger partial charge >= 0.3 is 35.7 Å². The summed E-state index contributed by atoms with van der Waals surface area (Å²) in [5.41, 5.74) is 0. The van der Waals surface area contributed by atoms with Crippen molar-refractivity contribution >= 4 is 6.16 Å². The Labute approximate surface area is 68.9 Å². The quantitative estimate of drug-likeness (QED) is 0.242. The molecule has 0 aliphatic carbocycles. The normalized spacial score (nSPS) is 3.88. The minimum Gasteiger partial charge on any atom is -1.00 e. The van der Waals surface area contributed by atoms with E-state index in [1.165, 1.54) is 0 Å². The zero-order chi connectivity index (χ0) is 6.28. The Morgan fingerprint density at radius 3 is 1.62 bits per heavy atom. The maximum atomic E-state index is 8.56. The monoisotopic (exact) mass is 129 g/mol. The molecule has 0 aliphatic rings. The molecule has 6 heteroatoms. The molecule has 0 aromatic heterocycles. The molecule has 0 aromatic carbocycles. The van der Waals surface area contributed by atoms with E-state index in [4.69, 9.17) is 25.4 Å². The number of aliphatic hydroxyl groups is 1. The van der Waals surface area contributed by atoms with Gasteiger partial charge in [-0.05, 0) is 0 Å². The molecule has 3 N–H and O–H groups in total. The van der Waals surface area contributed by atoms with Crippen LogP contribution in [0.15, 0.2) is 0 Å². The number of hydrogen-bond donors (Lipinski definition) is 3. The molecule has 0 aliphatic heterocycles. The number of nitrogens with zero attached hydrogens (tertiary/aromatic N) is 1. The maximum absolute atomic E-state index is 8.56. The van der Waals surface area contributed by atoms with Gasteiger partial charge in [-0.15, -0.1) is 0 Å². The molecule has 0 fully saturated rings. The van der Waals surface area contributed by atoms with Crippen LogP contribution in [0, 0.1) is 11.5 Å². The van der Waals surface area contributed by atoms with Crippen LogP contribution in [-0.2, 0) is 0 Å². The molecule has 5 nitrogen and oxygen atoms in total. The average molecular weight is 129 g/mol. The number of hydrogen-bond acceptors (Lipinski definition) is 3. The van der Waals surface area contributed by atoms with Gasteiger partial charge in [0.15, 0.2) is 0 Å². The number of carboxylic acid groups (broad SMARTS) is 2. The van der Waals surface area contributed by atoms with Crippen molar-refractivity contribution in [3.8, 4) is 6.26 Å². The summed E-state index contributed by atoms with van der Waals surface area (Å²) in [7, 11) is 0. The SMILES string of the molecule is N#CO.O=C(O)O.[H-].[Na+]. The second-order valence-corrected chi connectivity index (χ2v) is 0.383. The first-order valence-corrected chi connectivity index (χ1v) is 1.10. The van der Waals surface area contributed by atoms with Gasteiger partial charge in [0.25, 0.3) is 6.26 Å². The van der Waals surface area contributed by atoms with Crippen molar-refractivity contribution < 1.29 is 51.1 Å². The van der Waals surface area contributed by atoms with Gasteiger partial charge in [-0.2, -0.15) is 5.26 Å². The van der Waals surface area contributed by atoms with Gasteiger partial charge in [0.05, 0.1) is 0 Å². The van der Waals surface area contributed by atoms with E-state index < -0.39 is 6.16 Å². The Kier molecular flexibility index (Phi) is 31.3. The zero-order valence-corrected chi connectivity index (χ0v) is 6.20. The van der Waals surface area contributed by atoms with Gasteiger partial charge in [0, 0.05) is 0 Å². The van der Waals surface area contributed by atoms with Crippen molar-refractivity contribution in [2.75, 3.05) is 0 Å². The second kappa shape index (κ2) is 16.0. The van der Waals surface area contributed by atoms with Crippen LogP contribution in [0.3, 0.4) is 0 Å². The molecule has 0 bridgehead atoms. The van der Waals surface area contributed by atoms with Crippen LogP contribution in [0.4, 0.5) is 4.79 Å². The third kappa shape index (κ3) is 597. The van der Waals surface area contributed by atoms with E-state index in [9.17, 15) is 0 Å². The van der Waals surface area contributed by atoms with E-state index in [1.54, 1.807) is 0 Å². The van der Waals surface area contributed by atoms with Crippen molar-refractivity contribution in [3.63, 3.8) is 0 Å². The fourth-order valence-electron chi connectivity index (χ4n) is 0. The molecule has 0 amide bonds. The molecular weight excluding hydrogens is 125 g/mol. The Bertz CT molecular complexity index is 87.1. The molecule has 0 aromatic rings. The van der Waals surface area contributed by atoms with Gasteiger partial charge in [-0.1, -0.05) is 0 Å². The van der Waals surface area contributed by atoms with E-state index >= 15 is 0 Å². The van der Waals surface area contributed by atoms with E-state index in [1.807, 2.05) is 0 Å². The van der Waals surface area contributed by atoms with Crippen molar-refractivity contribution in [2.45, 2.75) is 0 Å². The van der Waals surface area contributed by atoms with E-state index in [0.717, 1.165) is 6.26 Å². The van der Waals surface area contributed by atoms with Crippen molar-refractivity contribution in [1.29, 1.82) is 5.26 Å². The summed E-state index contributed by atoms with van der Waals surface area (Å²) >= 11 is 0. The molecular formula is C2H4NNaO4. The van der Waals surface area contributed by atoms with Crippen LogP contribution >= 0.6 is 0 Å². The maximum Gasteiger partial charge on any atom is 1.00 e. The Balaban J connectivity index is -0.0000000233. The van der Waals surface area contributed by atoms with E-state index in [0.29, 0.717) is 0 Å². The summed E-state index contributed by atoms with van der Waals surface area (Å²) in [5.74, 6) is 0. The summed E-state index contributed by atoms with van der Waals surface area (Å²) in [4.78, 5) is 8.56. The van der Waals surface area contributed by atoms with Crippen LogP contribution in [0.2, 0.25) is 0 Å². The van der Waals surface area contributed by atoms with E-state index in [2.05, 4.69) is 0 Å². The van der Waals surface area contributed by atoms with Gasteiger partial charge < -0.3 is 16.7 Å². The van der Waals surface area contributed by atoms with Crippen LogP contribution in [0.25, 0.3) is 0 Å². The second-order valence-electron chi connectivity index (χ2n) is 0.383. The predicted molar refractivity (Wildman–Crippen MR) is 19.3 cm³/mol. The first-order valence-electron chi connectivity index (χ1n) is 1.10. The van der Waals surface area contributed by atoms with Gasteiger partial charge in [0.2, 0.25) is 0 Å². The topological polar surface area (TPSA) is 102 Å². The third-order valence-corrected chi connectivity index (χ3v) is 0. The molecule has 0 rings (SSSR count). The first kappa shape index (κ1) is 15.6. The summed E-state index contributed by atoms with van der Waals surface area (Å²) in [5, 5.41) is 27.7. The molecule has 0 saturated carbocycles. The Hall–Kier alpha value is -0.440. The van der Waals surface area contributed by atoms with Gasteiger partial charge in [-0.25, -0.2) is 4.79 Å². The fourth-order valence-corrected chi connectivity index (χ4v) is 0. The van der Waals surface area contributed by atoms with Gasteiger partial charge in [-0.3, -0.25) is 0 Å². The minimum absolute atomic E-state index is 0. The number of aliphatic hydroxyl groups excluding tert-OH is 1.